The minimum atomic E-state index is -3.50. The fourth-order valence-corrected chi connectivity index (χ4v) is 6.08. The van der Waals surface area contributed by atoms with Gasteiger partial charge in [-0.3, -0.25) is 4.79 Å². The lowest BCUT2D eigenvalue weighted by Crippen LogP contribution is -2.40. The average Bonchev–Trinajstić information content (AvgIpc) is 3.29. The van der Waals surface area contributed by atoms with Crippen LogP contribution in [-0.4, -0.2) is 44.9 Å². The van der Waals surface area contributed by atoms with E-state index in [1.165, 1.54) is 15.6 Å². The maximum Gasteiger partial charge on any atom is 0.252 e. The number of amides is 1. The van der Waals surface area contributed by atoms with Gasteiger partial charge in [-0.05, 0) is 35.4 Å². The summed E-state index contributed by atoms with van der Waals surface area (Å²) in [5.74, 6) is -0.194. The summed E-state index contributed by atoms with van der Waals surface area (Å²) >= 11 is 1.19. The molecule has 156 valence electrons. The summed E-state index contributed by atoms with van der Waals surface area (Å²) in [5.41, 5.74) is 2.70. The third-order valence-corrected chi connectivity index (χ3v) is 8.33. The Morgan fingerprint density at radius 2 is 1.60 bits per heavy atom. The third-order valence-electron chi connectivity index (χ3n) is 4.88. The fraction of sp³-hybridized carbons (Fsp3) is 0.227. The number of benzene rings is 2. The Labute approximate surface area is 180 Å². The highest BCUT2D eigenvalue weighted by atomic mass is 32.2. The number of sulfonamides is 1. The lowest BCUT2D eigenvalue weighted by atomic mass is 10.0. The van der Waals surface area contributed by atoms with Gasteiger partial charge in [0.25, 0.3) is 15.9 Å². The Morgan fingerprint density at radius 3 is 2.30 bits per heavy atom. The van der Waals surface area contributed by atoms with Crippen molar-refractivity contribution in [2.45, 2.75) is 10.8 Å². The Kier molecular flexibility index (Phi) is 6.29. The predicted molar refractivity (Wildman–Crippen MR) is 117 cm³/mol. The summed E-state index contributed by atoms with van der Waals surface area (Å²) in [6, 6.07) is 20.7. The van der Waals surface area contributed by atoms with E-state index in [0.717, 1.165) is 16.0 Å². The van der Waals surface area contributed by atoms with Gasteiger partial charge in [-0.2, -0.15) is 4.31 Å². The monoisotopic (exact) mass is 442 g/mol. The number of hydrogen-bond acceptors (Lipinski definition) is 5. The highest BCUT2D eigenvalue weighted by Crippen LogP contribution is 2.25. The quantitative estimate of drug-likeness (QED) is 0.635. The van der Waals surface area contributed by atoms with Crippen molar-refractivity contribution in [1.82, 2.24) is 9.62 Å². The topological polar surface area (TPSA) is 75.7 Å². The van der Waals surface area contributed by atoms with Gasteiger partial charge in [0.15, 0.2) is 0 Å². The predicted octanol–water partition coefficient (Wildman–Crippen LogP) is 3.37. The van der Waals surface area contributed by atoms with Crippen LogP contribution in [0.2, 0.25) is 0 Å². The molecule has 4 rings (SSSR count). The SMILES string of the molecule is O=C(NCc1ccc(S(=O)(=O)N2CCOCC2)s1)c1ccc(-c2ccccc2)cc1. The molecule has 1 N–H and O–H groups in total. The first-order valence-electron chi connectivity index (χ1n) is 9.64. The van der Waals surface area contributed by atoms with Crippen LogP contribution >= 0.6 is 11.3 Å². The van der Waals surface area contributed by atoms with Crippen molar-refractivity contribution in [3.8, 4) is 11.1 Å². The molecule has 0 saturated carbocycles. The molecule has 6 nitrogen and oxygen atoms in total. The minimum Gasteiger partial charge on any atom is -0.379 e. The first kappa shape index (κ1) is 20.7. The summed E-state index contributed by atoms with van der Waals surface area (Å²) in [5, 5.41) is 2.86. The molecule has 0 radical (unpaired) electrons. The van der Waals surface area contributed by atoms with E-state index in [0.29, 0.717) is 36.1 Å². The fourth-order valence-electron chi connectivity index (χ4n) is 3.22. The Balaban J connectivity index is 1.37. The van der Waals surface area contributed by atoms with Crippen molar-refractivity contribution < 1.29 is 17.9 Å². The molecule has 0 unspecified atom stereocenters. The molecule has 1 amide bonds. The highest BCUT2D eigenvalue weighted by molar-refractivity contribution is 7.91. The lowest BCUT2D eigenvalue weighted by molar-refractivity contribution is 0.0731. The molecular weight excluding hydrogens is 420 g/mol. The summed E-state index contributed by atoms with van der Waals surface area (Å²) in [7, 11) is -3.50. The van der Waals surface area contributed by atoms with Crippen molar-refractivity contribution in [3.63, 3.8) is 0 Å². The molecule has 3 aromatic rings. The molecule has 1 aromatic heterocycles. The zero-order chi connectivity index (χ0) is 21.0. The Bertz CT molecular complexity index is 1100. The lowest BCUT2D eigenvalue weighted by Gasteiger charge is -2.25. The van der Waals surface area contributed by atoms with Crippen molar-refractivity contribution in [1.29, 1.82) is 0 Å². The summed E-state index contributed by atoms with van der Waals surface area (Å²) in [6.45, 7) is 1.84. The maximum atomic E-state index is 12.7. The zero-order valence-corrected chi connectivity index (χ0v) is 17.9. The molecule has 1 fully saturated rings. The van der Waals surface area contributed by atoms with Gasteiger partial charge in [0, 0.05) is 23.5 Å². The van der Waals surface area contributed by atoms with Gasteiger partial charge in [-0.25, -0.2) is 8.42 Å². The number of hydrogen-bond donors (Lipinski definition) is 1. The number of ether oxygens (including phenoxy) is 1. The van der Waals surface area contributed by atoms with Crippen LogP contribution in [0.5, 0.6) is 0 Å². The van der Waals surface area contributed by atoms with E-state index in [1.54, 1.807) is 24.3 Å². The van der Waals surface area contributed by atoms with Gasteiger partial charge in [-0.1, -0.05) is 42.5 Å². The number of carbonyl (C=O) groups excluding carboxylic acids is 1. The van der Waals surface area contributed by atoms with Crippen LogP contribution in [-0.2, 0) is 21.3 Å². The first-order chi connectivity index (χ1) is 14.5. The molecule has 30 heavy (non-hydrogen) atoms. The minimum absolute atomic E-state index is 0.194. The smallest absolute Gasteiger partial charge is 0.252 e. The second kappa shape index (κ2) is 9.09. The third kappa shape index (κ3) is 4.62. The molecule has 2 heterocycles. The van der Waals surface area contributed by atoms with Crippen molar-refractivity contribution >= 4 is 27.3 Å². The molecular formula is C22H22N2O4S2. The van der Waals surface area contributed by atoms with Gasteiger partial charge in [0.1, 0.15) is 4.21 Å². The molecule has 2 aromatic carbocycles. The van der Waals surface area contributed by atoms with Gasteiger partial charge < -0.3 is 10.1 Å². The number of rotatable bonds is 6. The average molecular weight is 443 g/mol. The summed E-state index contributed by atoms with van der Waals surface area (Å²) in [6.07, 6.45) is 0. The number of morpholine rings is 1. The van der Waals surface area contributed by atoms with Gasteiger partial charge in [-0.15, -0.1) is 11.3 Å². The molecule has 0 spiro atoms. The summed E-state index contributed by atoms with van der Waals surface area (Å²) < 4.78 is 32.4. The van der Waals surface area contributed by atoms with Crippen LogP contribution in [0.25, 0.3) is 11.1 Å². The number of nitrogens with one attached hydrogen (secondary N) is 1. The van der Waals surface area contributed by atoms with Crippen LogP contribution in [0.15, 0.2) is 70.9 Å². The molecule has 1 aliphatic heterocycles. The number of carbonyl (C=O) groups is 1. The van der Waals surface area contributed by atoms with Crippen LogP contribution in [0.1, 0.15) is 15.2 Å². The molecule has 0 bridgehead atoms. The van der Waals surface area contributed by atoms with E-state index in [4.69, 9.17) is 4.74 Å². The summed E-state index contributed by atoms with van der Waals surface area (Å²) in [4.78, 5) is 13.3. The second-order valence-corrected chi connectivity index (χ2v) is 10.2. The molecule has 1 saturated heterocycles. The van der Waals surface area contributed by atoms with Crippen LogP contribution in [0.4, 0.5) is 0 Å². The Morgan fingerprint density at radius 1 is 0.933 bits per heavy atom. The van der Waals surface area contributed by atoms with E-state index < -0.39 is 10.0 Å². The van der Waals surface area contributed by atoms with Crippen molar-refractivity contribution in [2.24, 2.45) is 0 Å². The highest BCUT2D eigenvalue weighted by Gasteiger charge is 2.27. The van der Waals surface area contributed by atoms with Crippen molar-refractivity contribution in [3.05, 3.63) is 77.2 Å². The largest absolute Gasteiger partial charge is 0.379 e. The first-order valence-corrected chi connectivity index (χ1v) is 11.9. The van der Waals surface area contributed by atoms with Gasteiger partial charge >= 0.3 is 0 Å². The molecule has 0 atom stereocenters. The van der Waals surface area contributed by atoms with Crippen LogP contribution in [0, 0.1) is 0 Å². The Hall–Kier alpha value is -2.52. The maximum absolute atomic E-state index is 12.7. The van der Waals surface area contributed by atoms with E-state index in [-0.39, 0.29) is 12.5 Å². The van der Waals surface area contributed by atoms with Crippen LogP contribution in [0.3, 0.4) is 0 Å². The van der Waals surface area contributed by atoms with E-state index in [2.05, 4.69) is 5.32 Å². The molecule has 0 aliphatic carbocycles. The zero-order valence-electron chi connectivity index (χ0n) is 16.3. The standard InChI is InChI=1S/C22H22N2O4S2/c25-22(19-8-6-18(7-9-19)17-4-2-1-3-5-17)23-16-20-10-11-21(29-20)30(26,27)24-12-14-28-15-13-24/h1-11H,12-16H2,(H,23,25). The number of thiophene rings is 1. The van der Waals surface area contributed by atoms with Crippen molar-refractivity contribution in [2.75, 3.05) is 26.3 Å². The number of nitrogens with zero attached hydrogens (tertiary/aromatic N) is 1. The molecule has 1 aliphatic rings. The van der Waals surface area contributed by atoms with Crippen LogP contribution < -0.4 is 5.32 Å². The van der Waals surface area contributed by atoms with E-state index in [1.807, 2.05) is 42.5 Å². The normalized spacial score (nSPS) is 15.1. The van der Waals surface area contributed by atoms with Gasteiger partial charge in [0.2, 0.25) is 0 Å². The second-order valence-electron chi connectivity index (χ2n) is 6.86. The molecule has 8 heteroatoms. The van der Waals surface area contributed by atoms with Gasteiger partial charge in [0.05, 0.1) is 19.8 Å². The van der Waals surface area contributed by atoms with E-state index in [9.17, 15) is 13.2 Å². The van der Waals surface area contributed by atoms with E-state index >= 15 is 0 Å².